The number of carbonyl (C=O) groups is 1. The number of amides is 1. The normalized spacial score (nSPS) is 11.5. The molecule has 1 amide bonds. The zero-order valence-electron chi connectivity index (χ0n) is 9.12. The number of halogens is 1. The van der Waals surface area contributed by atoms with E-state index < -0.39 is 0 Å². The molecule has 15 heavy (non-hydrogen) atoms. The number of carbonyl (C=O) groups excluding carboxylic acids is 1. The van der Waals surface area contributed by atoms with Gasteiger partial charge in [0.25, 0.3) is 0 Å². The number of hydrogen-bond donors (Lipinski definition) is 1. The van der Waals surface area contributed by atoms with Crippen LogP contribution in [-0.4, -0.2) is 26.6 Å². The molecule has 0 aromatic carbocycles. The van der Waals surface area contributed by atoms with Gasteiger partial charge in [0.15, 0.2) is 0 Å². The summed E-state index contributed by atoms with van der Waals surface area (Å²) in [6.45, 7) is 6.42. The lowest BCUT2D eigenvalue weighted by atomic mass is 10.1. The predicted molar refractivity (Wildman–Crippen MR) is 57.6 cm³/mol. The highest BCUT2D eigenvalue weighted by atomic mass is 35.5. The van der Waals surface area contributed by atoms with Crippen LogP contribution < -0.4 is 5.32 Å². The lowest BCUT2D eigenvalue weighted by Gasteiger charge is -2.21. The van der Waals surface area contributed by atoms with E-state index in [9.17, 15) is 4.79 Å². The lowest BCUT2D eigenvalue weighted by Crippen LogP contribution is -2.30. The van der Waals surface area contributed by atoms with Gasteiger partial charge < -0.3 is 5.32 Å². The molecule has 0 aliphatic rings. The smallest absolute Gasteiger partial charge is 0.235 e. The van der Waals surface area contributed by atoms with Crippen molar-refractivity contribution >= 4 is 17.5 Å². The maximum atomic E-state index is 11.0. The highest BCUT2D eigenvalue weighted by Gasteiger charge is 2.18. The number of nitrogens with zero attached hydrogens (tertiary/aromatic N) is 3. The zero-order chi connectivity index (χ0) is 11.5. The van der Waals surface area contributed by atoms with E-state index in [0.717, 1.165) is 5.82 Å². The van der Waals surface area contributed by atoms with E-state index >= 15 is 0 Å². The van der Waals surface area contributed by atoms with Gasteiger partial charge in [-0.1, -0.05) is 0 Å². The first kappa shape index (κ1) is 12.0. The molecule has 84 valence electrons. The van der Waals surface area contributed by atoms with Crippen LogP contribution in [0.15, 0.2) is 6.33 Å². The Kier molecular flexibility index (Phi) is 3.68. The topological polar surface area (TPSA) is 59.8 Å². The second kappa shape index (κ2) is 4.61. The molecule has 0 unspecified atom stereocenters. The Hall–Kier alpha value is -1.10. The van der Waals surface area contributed by atoms with Crippen LogP contribution in [0.25, 0.3) is 0 Å². The average molecular weight is 231 g/mol. The summed E-state index contributed by atoms with van der Waals surface area (Å²) in [6.07, 6.45) is 1.48. The Morgan fingerprint density at radius 1 is 1.60 bits per heavy atom. The minimum Gasteiger partial charge on any atom is -0.348 e. The summed E-state index contributed by atoms with van der Waals surface area (Å²) in [5.41, 5.74) is -0.141. The summed E-state index contributed by atoms with van der Waals surface area (Å²) < 4.78 is 1.78. The Balaban J connectivity index is 2.70. The average Bonchev–Trinajstić information content (AvgIpc) is 2.61. The van der Waals surface area contributed by atoms with Gasteiger partial charge in [-0.2, -0.15) is 5.10 Å². The van der Waals surface area contributed by atoms with Gasteiger partial charge in [0.2, 0.25) is 5.91 Å². The highest BCUT2D eigenvalue weighted by molar-refractivity contribution is 6.27. The third-order valence-electron chi connectivity index (χ3n) is 1.82. The summed E-state index contributed by atoms with van der Waals surface area (Å²) >= 11 is 5.37. The van der Waals surface area contributed by atoms with Crippen molar-refractivity contribution in [2.75, 3.05) is 5.88 Å². The monoisotopic (exact) mass is 230 g/mol. The van der Waals surface area contributed by atoms with Crippen molar-refractivity contribution in [3.8, 4) is 0 Å². The molecule has 0 radical (unpaired) electrons. The quantitative estimate of drug-likeness (QED) is 0.785. The van der Waals surface area contributed by atoms with Crippen molar-refractivity contribution in [3.05, 3.63) is 12.2 Å². The number of rotatable bonds is 3. The molecule has 1 N–H and O–H groups in total. The molecule has 0 atom stereocenters. The van der Waals surface area contributed by atoms with Crippen LogP contribution in [0.4, 0.5) is 0 Å². The van der Waals surface area contributed by atoms with Crippen molar-refractivity contribution in [1.29, 1.82) is 0 Å². The summed E-state index contributed by atoms with van der Waals surface area (Å²) in [5.74, 6) is 0.477. The van der Waals surface area contributed by atoms with Crippen LogP contribution in [0.1, 0.15) is 26.6 Å². The third-order valence-corrected chi connectivity index (χ3v) is 2.06. The van der Waals surface area contributed by atoms with E-state index in [1.54, 1.807) is 4.68 Å². The van der Waals surface area contributed by atoms with Gasteiger partial charge in [0.1, 0.15) is 18.0 Å². The van der Waals surface area contributed by atoms with Crippen LogP contribution >= 0.6 is 11.6 Å². The summed E-state index contributed by atoms with van der Waals surface area (Å²) in [7, 11) is 0. The minimum atomic E-state index is -0.208. The second-order valence-corrected chi connectivity index (χ2v) is 4.44. The Morgan fingerprint density at radius 3 is 2.80 bits per heavy atom. The molecule has 0 aliphatic carbocycles. The van der Waals surface area contributed by atoms with Crippen molar-refractivity contribution in [2.24, 2.45) is 0 Å². The number of aromatic nitrogens is 3. The van der Waals surface area contributed by atoms with E-state index in [-0.39, 0.29) is 17.3 Å². The zero-order valence-corrected chi connectivity index (χ0v) is 9.88. The SMILES string of the molecule is CC(C)(C)n1ncnc1CNC(=O)CCl. The maximum Gasteiger partial charge on any atom is 0.235 e. The highest BCUT2D eigenvalue weighted by Crippen LogP contribution is 2.13. The molecule has 1 aromatic rings. The standard InChI is InChI=1S/C9H15ClN4O/c1-9(2,3)14-7(12-6-13-14)5-11-8(15)4-10/h6H,4-5H2,1-3H3,(H,11,15). The Morgan fingerprint density at radius 2 is 2.27 bits per heavy atom. The molecular formula is C9H15ClN4O. The summed E-state index contributed by atoms with van der Waals surface area (Å²) in [4.78, 5) is 15.1. The molecule has 1 heterocycles. The number of alkyl halides is 1. The van der Waals surface area contributed by atoms with Gasteiger partial charge in [-0.3, -0.25) is 4.79 Å². The molecule has 0 aliphatic heterocycles. The third kappa shape index (κ3) is 3.20. The fourth-order valence-electron chi connectivity index (χ4n) is 1.17. The fraction of sp³-hybridized carbons (Fsp3) is 0.667. The molecule has 0 spiro atoms. The molecule has 0 saturated carbocycles. The van der Waals surface area contributed by atoms with Gasteiger partial charge in [0.05, 0.1) is 12.1 Å². The summed E-state index contributed by atoms with van der Waals surface area (Å²) in [6, 6.07) is 0. The Labute approximate surface area is 93.8 Å². The van der Waals surface area contributed by atoms with E-state index in [0.29, 0.717) is 6.54 Å². The van der Waals surface area contributed by atoms with Gasteiger partial charge in [-0.05, 0) is 20.8 Å². The summed E-state index contributed by atoms with van der Waals surface area (Å²) in [5, 5.41) is 6.77. The van der Waals surface area contributed by atoms with Gasteiger partial charge in [0, 0.05) is 0 Å². The molecule has 6 heteroatoms. The predicted octanol–water partition coefficient (Wildman–Crippen LogP) is 0.888. The number of hydrogen-bond acceptors (Lipinski definition) is 3. The van der Waals surface area contributed by atoms with Crippen LogP contribution in [-0.2, 0) is 16.9 Å². The second-order valence-electron chi connectivity index (χ2n) is 4.17. The van der Waals surface area contributed by atoms with Crippen molar-refractivity contribution in [1.82, 2.24) is 20.1 Å². The van der Waals surface area contributed by atoms with Gasteiger partial charge in [-0.25, -0.2) is 9.67 Å². The maximum absolute atomic E-state index is 11.0. The van der Waals surface area contributed by atoms with Gasteiger partial charge in [-0.15, -0.1) is 11.6 Å². The molecule has 1 rings (SSSR count). The number of nitrogens with one attached hydrogen (secondary N) is 1. The van der Waals surface area contributed by atoms with Crippen molar-refractivity contribution < 1.29 is 4.79 Å². The van der Waals surface area contributed by atoms with Gasteiger partial charge >= 0.3 is 0 Å². The van der Waals surface area contributed by atoms with E-state index in [2.05, 4.69) is 15.4 Å². The molecule has 0 bridgehead atoms. The van der Waals surface area contributed by atoms with E-state index in [4.69, 9.17) is 11.6 Å². The first-order valence-corrected chi connectivity index (χ1v) is 5.20. The van der Waals surface area contributed by atoms with Crippen LogP contribution in [0.2, 0.25) is 0 Å². The largest absolute Gasteiger partial charge is 0.348 e. The van der Waals surface area contributed by atoms with Crippen molar-refractivity contribution in [3.63, 3.8) is 0 Å². The lowest BCUT2D eigenvalue weighted by molar-refractivity contribution is -0.118. The first-order chi connectivity index (χ1) is 6.95. The molecule has 1 aromatic heterocycles. The van der Waals surface area contributed by atoms with Crippen molar-refractivity contribution in [2.45, 2.75) is 32.9 Å². The van der Waals surface area contributed by atoms with Crippen LogP contribution in [0.5, 0.6) is 0 Å². The first-order valence-electron chi connectivity index (χ1n) is 4.67. The molecular weight excluding hydrogens is 216 g/mol. The van der Waals surface area contributed by atoms with Crippen LogP contribution in [0, 0.1) is 0 Å². The molecule has 0 fully saturated rings. The van der Waals surface area contributed by atoms with E-state index in [1.165, 1.54) is 6.33 Å². The minimum absolute atomic E-state index is 0.0380. The fourth-order valence-corrected chi connectivity index (χ4v) is 1.27. The van der Waals surface area contributed by atoms with E-state index in [1.807, 2.05) is 20.8 Å². The molecule has 5 nitrogen and oxygen atoms in total. The molecule has 0 saturated heterocycles. The van der Waals surface area contributed by atoms with Crippen LogP contribution in [0.3, 0.4) is 0 Å². The Bertz CT molecular complexity index is 342.